The van der Waals surface area contributed by atoms with E-state index in [-0.39, 0.29) is 4.47 Å². The number of rotatable bonds is 3. The molecule has 0 atom stereocenters. The molecular weight excluding hydrogens is 394 g/mol. The lowest BCUT2D eigenvalue weighted by Crippen LogP contribution is -2.34. The molecule has 1 rings (SSSR count). The van der Waals surface area contributed by atoms with Gasteiger partial charge in [0.05, 0.1) is 10.5 Å². The van der Waals surface area contributed by atoms with E-state index < -0.39 is 44.0 Å². The summed E-state index contributed by atoms with van der Waals surface area (Å²) in [5, 5.41) is 1.42. The van der Waals surface area contributed by atoms with Crippen molar-refractivity contribution < 1.29 is 30.8 Å². The van der Waals surface area contributed by atoms with Crippen molar-refractivity contribution in [1.29, 1.82) is 0 Å². The van der Waals surface area contributed by atoms with Crippen LogP contribution in [0.5, 0.6) is 0 Å². The highest BCUT2D eigenvalue weighted by molar-refractivity contribution is 9.10. The van der Waals surface area contributed by atoms with E-state index >= 15 is 0 Å². The van der Waals surface area contributed by atoms with Crippen LogP contribution in [0.3, 0.4) is 0 Å². The number of alkyl halides is 3. The summed E-state index contributed by atoms with van der Waals surface area (Å²) in [6.45, 7) is -1.68. The summed E-state index contributed by atoms with van der Waals surface area (Å²) < 4.78 is 71.3. The first-order valence-corrected chi connectivity index (χ1v) is 7.80. The third-order valence-corrected chi connectivity index (χ3v) is 4.26. The predicted octanol–water partition coefficient (Wildman–Crippen LogP) is 2.81. The topological polar surface area (TPSA) is 63.2 Å². The molecule has 0 fully saturated rings. The molecule has 0 saturated heterocycles. The Balaban J connectivity index is 3.16. The first-order chi connectivity index (χ1) is 8.92. The van der Waals surface area contributed by atoms with Crippen molar-refractivity contribution in [3.05, 3.63) is 28.0 Å². The molecule has 0 aromatic heterocycles. The quantitative estimate of drug-likeness (QED) is 0.629. The molecule has 0 unspecified atom stereocenters. The molecule has 0 aliphatic heterocycles. The highest BCUT2D eigenvalue weighted by Crippen LogP contribution is 2.28. The van der Waals surface area contributed by atoms with Crippen molar-refractivity contribution in [2.24, 2.45) is 0 Å². The number of nitrogens with one attached hydrogen (secondary N) is 1. The molecule has 20 heavy (non-hydrogen) atoms. The second-order valence-corrected chi connectivity index (χ2v) is 6.89. The standard InChI is InChI=1S/C9H5BrClF4NO3S/c10-5-2-6(12)4(1-7(5)20(11,18)19)8(17)16-3-9(13,14)15/h1-2H,3H2,(H,16,17). The molecule has 0 aliphatic rings. The van der Waals surface area contributed by atoms with E-state index in [4.69, 9.17) is 10.7 Å². The summed E-state index contributed by atoms with van der Waals surface area (Å²) in [6.07, 6.45) is -4.68. The largest absolute Gasteiger partial charge is 0.405 e. The van der Waals surface area contributed by atoms with Crippen LogP contribution in [0.25, 0.3) is 0 Å². The molecule has 0 heterocycles. The Morgan fingerprint density at radius 2 is 1.90 bits per heavy atom. The Morgan fingerprint density at radius 3 is 2.35 bits per heavy atom. The number of benzene rings is 1. The maximum Gasteiger partial charge on any atom is 0.405 e. The van der Waals surface area contributed by atoms with Crippen molar-refractivity contribution in [1.82, 2.24) is 5.32 Å². The number of amides is 1. The molecule has 0 saturated carbocycles. The lowest BCUT2D eigenvalue weighted by molar-refractivity contribution is -0.123. The first kappa shape index (κ1) is 17.2. The number of carbonyl (C=O) groups is 1. The van der Waals surface area contributed by atoms with Crippen LogP contribution >= 0.6 is 26.6 Å². The van der Waals surface area contributed by atoms with Gasteiger partial charge in [0, 0.05) is 15.2 Å². The Bertz CT molecular complexity index is 647. The summed E-state index contributed by atoms with van der Waals surface area (Å²) in [7, 11) is 0.757. The van der Waals surface area contributed by atoms with Gasteiger partial charge in [-0.25, -0.2) is 12.8 Å². The lowest BCUT2D eigenvalue weighted by atomic mass is 10.2. The van der Waals surface area contributed by atoms with Gasteiger partial charge in [-0.2, -0.15) is 13.2 Å². The van der Waals surface area contributed by atoms with Crippen LogP contribution in [0.1, 0.15) is 10.4 Å². The number of halogens is 6. The zero-order valence-corrected chi connectivity index (χ0v) is 12.4. The average molecular weight is 399 g/mol. The van der Waals surface area contributed by atoms with E-state index in [0.29, 0.717) is 12.1 Å². The fraction of sp³-hybridized carbons (Fsp3) is 0.222. The third kappa shape index (κ3) is 4.60. The van der Waals surface area contributed by atoms with Crippen LogP contribution in [0.2, 0.25) is 0 Å². The van der Waals surface area contributed by atoms with Crippen molar-refractivity contribution in [3.8, 4) is 0 Å². The monoisotopic (exact) mass is 397 g/mol. The molecule has 0 bridgehead atoms. The molecule has 1 aromatic carbocycles. The van der Waals surface area contributed by atoms with Gasteiger partial charge in [0.25, 0.3) is 15.0 Å². The Labute approximate surface area is 123 Å². The Kier molecular flexibility index (Phi) is 5.03. The molecule has 11 heteroatoms. The van der Waals surface area contributed by atoms with Crippen molar-refractivity contribution in [2.75, 3.05) is 6.54 Å². The maximum atomic E-state index is 13.5. The Morgan fingerprint density at radius 1 is 1.35 bits per heavy atom. The second-order valence-electron chi connectivity index (χ2n) is 3.50. The van der Waals surface area contributed by atoms with Crippen molar-refractivity contribution in [3.63, 3.8) is 0 Å². The van der Waals surface area contributed by atoms with Gasteiger partial charge in [-0.3, -0.25) is 4.79 Å². The number of hydrogen-bond donors (Lipinski definition) is 1. The van der Waals surface area contributed by atoms with Crippen LogP contribution in [-0.4, -0.2) is 27.0 Å². The molecule has 112 valence electrons. The summed E-state index contributed by atoms with van der Waals surface area (Å²) in [5.41, 5.74) is -0.864. The van der Waals surface area contributed by atoms with Gasteiger partial charge < -0.3 is 5.32 Å². The minimum atomic E-state index is -4.68. The predicted molar refractivity (Wildman–Crippen MR) is 65.5 cm³/mol. The normalized spacial score (nSPS) is 12.3. The van der Waals surface area contributed by atoms with Gasteiger partial charge in [-0.1, -0.05) is 0 Å². The second kappa shape index (κ2) is 5.86. The molecule has 1 N–H and O–H groups in total. The molecule has 0 spiro atoms. The molecule has 0 radical (unpaired) electrons. The molecule has 1 aromatic rings. The fourth-order valence-electron chi connectivity index (χ4n) is 1.17. The fourth-order valence-corrected chi connectivity index (χ4v) is 3.33. The van der Waals surface area contributed by atoms with E-state index in [9.17, 15) is 30.8 Å². The van der Waals surface area contributed by atoms with Crippen molar-refractivity contribution >= 4 is 41.6 Å². The van der Waals surface area contributed by atoms with E-state index in [1.54, 1.807) is 0 Å². The molecular formula is C9H5BrClF4NO3S. The summed E-state index contributed by atoms with van der Waals surface area (Å²) in [4.78, 5) is 10.8. The van der Waals surface area contributed by atoms with Gasteiger partial charge in [-0.15, -0.1) is 0 Å². The van der Waals surface area contributed by atoms with E-state index in [1.807, 2.05) is 0 Å². The number of carbonyl (C=O) groups excluding carboxylic acids is 1. The molecule has 0 aliphatic carbocycles. The summed E-state index contributed by atoms with van der Waals surface area (Å²) in [6, 6.07) is 1.17. The van der Waals surface area contributed by atoms with E-state index in [2.05, 4.69) is 15.9 Å². The van der Waals surface area contributed by atoms with Gasteiger partial charge >= 0.3 is 6.18 Å². The highest BCUT2D eigenvalue weighted by atomic mass is 79.9. The van der Waals surface area contributed by atoms with E-state index in [0.717, 1.165) is 0 Å². The van der Waals surface area contributed by atoms with Crippen LogP contribution in [0, 0.1) is 5.82 Å². The SMILES string of the molecule is O=C(NCC(F)(F)F)c1cc(S(=O)(=O)Cl)c(Br)cc1F. The number of hydrogen-bond acceptors (Lipinski definition) is 3. The minimum absolute atomic E-state index is 0.252. The smallest absolute Gasteiger partial charge is 0.343 e. The highest BCUT2D eigenvalue weighted by Gasteiger charge is 2.29. The van der Waals surface area contributed by atoms with Gasteiger partial charge in [0.15, 0.2) is 0 Å². The maximum absolute atomic E-state index is 13.5. The summed E-state index contributed by atoms with van der Waals surface area (Å²) >= 11 is 2.72. The van der Waals surface area contributed by atoms with Gasteiger partial charge in [-0.05, 0) is 28.1 Å². The first-order valence-electron chi connectivity index (χ1n) is 4.70. The van der Waals surface area contributed by atoms with Crippen LogP contribution in [-0.2, 0) is 9.05 Å². The van der Waals surface area contributed by atoms with Crippen LogP contribution in [0.15, 0.2) is 21.5 Å². The lowest BCUT2D eigenvalue weighted by Gasteiger charge is -2.10. The zero-order chi connectivity index (χ0) is 15.7. The summed E-state index contributed by atoms with van der Waals surface area (Å²) in [5.74, 6) is -2.60. The van der Waals surface area contributed by atoms with Gasteiger partial charge in [0.1, 0.15) is 12.4 Å². The zero-order valence-electron chi connectivity index (χ0n) is 9.26. The molecule has 4 nitrogen and oxygen atoms in total. The third-order valence-electron chi connectivity index (χ3n) is 1.98. The minimum Gasteiger partial charge on any atom is -0.343 e. The van der Waals surface area contributed by atoms with Gasteiger partial charge in [0.2, 0.25) is 0 Å². The van der Waals surface area contributed by atoms with Crippen LogP contribution < -0.4 is 5.32 Å². The Hall–Kier alpha value is -0.870. The molecule has 1 amide bonds. The average Bonchev–Trinajstić information content (AvgIpc) is 2.23. The van der Waals surface area contributed by atoms with E-state index in [1.165, 1.54) is 5.32 Å². The van der Waals surface area contributed by atoms with Crippen LogP contribution in [0.4, 0.5) is 17.6 Å². The van der Waals surface area contributed by atoms with Crippen molar-refractivity contribution in [2.45, 2.75) is 11.1 Å².